The van der Waals surface area contributed by atoms with Crippen LogP contribution in [0.15, 0.2) is 73.1 Å². The molecule has 1 N–H and O–H groups in total. The topological polar surface area (TPSA) is 37.5 Å². The number of unbranched alkanes of at least 4 members (excludes halogenated alkanes) is 1. The van der Waals surface area contributed by atoms with E-state index < -0.39 is 6.10 Å². The van der Waals surface area contributed by atoms with E-state index in [1.54, 1.807) is 0 Å². The fraction of sp³-hybridized carbons (Fsp3) is 0.208. The van der Waals surface area contributed by atoms with Crippen LogP contribution < -0.4 is 0 Å². The van der Waals surface area contributed by atoms with Gasteiger partial charge in [-0.15, -0.1) is 0 Å². The average Bonchev–Trinajstić information content (AvgIpc) is 3.16. The average molecular weight is 391 g/mol. The van der Waals surface area contributed by atoms with Crippen molar-refractivity contribution in [2.75, 3.05) is 0 Å². The Labute approximate surface area is 170 Å². The molecule has 1 unspecified atom stereocenters. The fourth-order valence-electron chi connectivity index (χ4n) is 3.41. The van der Waals surface area contributed by atoms with Gasteiger partial charge in [-0.1, -0.05) is 61.7 Å². The zero-order valence-electron chi connectivity index (χ0n) is 15.8. The van der Waals surface area contributed by atoms with Crippen LogP contribution in [0.3, 0.4) is 0 Å². The summed E-state index contributed by atoms with van der Waals surface area (Å²) in [5, 5.41) is 11.1. The molecule has 0 amide bonds. The van der Waals surface area contributed by atoms with Crippen LogP contribution in [0.2, 0.25) is 5.02 Å². The van der Waals surface area contributed by atoms with Crippen LogP contribution in [-0.2, 0) is 0 Å². The number of aliphatic hydroxyl groups is 1. The van der Waals surface area contributed by atoms with Crippen molar-refractivity contribution in [3.05, 3.63) is 83.6 Å². The second-order valence-corrected chi connectivity index (χ2v) is 7.54. The van der Waals surface area contributed by atoms with Gasteiger partial charge in [-0.2, -0.15) is 0 Å². The van der Waals surface area contributed by atoms with Gasteiger partial charge in [0.05, 0.1) is 11.8 Å². The molecule has 0 bridgehead atoms. The highest BCUT2D eigenvalue weighted by Gasteiger charge is 2.10. The van der Waals surface area contributed by atoms with E-state index in [4.69, 9.17) is 16.6 Å². The van der Waals surface area contributed by atoms with Crippen LogP contribution >= 0.6 is 11.6 Å². The summed E-state index contributed by atoms with van der Waals surface area (Å²) in [6.07, 6.45) is 6.62. The Morgan fingerprint density at radius 3 is 2.54 bits per heavy atom. The molecule has 142 valence electrons. The molecule has 1 atom stereocenters. The van der Waals surface area contributed by atoms with Gasteiger partial charge in [-0.05, 0) is 53.4 Å². The van der Waals surface area contributed by atoms with E-state index in [9.17, 15) is 5.11 Å². The maximum Gasteiger partial charge on any atom is 0.137 e. The first-order chi connectivity index (χ1) is 13.6. The molecule has 4 aromatic rings. The van der Waals surface area contributed by atoms with Gasteiger partial charge in [0.1, 0.15) is 5.65 Å². The number of imidazole rings is 1. The molecule has 0 aliphatic carbocycles. The lowest BCUT2D eigenvalue weighted by Crippen LogP contribution is -1.97. The minimum absolute atomic E-state index is 0.409. The number of hydrogen-bond donors (Lipinski definition) is 1. The molecule has 0 fully saturated rings. The van der Waals surface area contributed by atoms with Gasteiger partial charge in [-0.25, -0.2) is 4.98 Å². The molecule has 2 aromatic heterocycles. The predicted molar refractivity (Wildman–Crippen MR) is 116 cm³/mol. The number of aliphatic hydroxyl groups excluding tert-OH is 1. The lowest BCUT2D eigenvalue weighted by Gasteiger charge is -2.12. The van der Waals surface area contributed by atoms with Gasteiger partial charge in [0.15, 0.2) is 0 Å². The number of halogens is 1. The largest absolute Gasteiger partial charge is 0.388 e. The molecule has 3 nitrogen and oxygen atoms in total. The van der Waals surface area contributed by atoms with Crippen molar-refractivity contribution >= 4 is 17.2 Å². The van der Waals surface area contributed by atoms with Crippen LogP contribution in [0.25, 0.3) is 28.0 Å². The smallest absolute Gasteiger partial charge is 0.137 e. The normalized spacial score (nSPS) is 12.4. The first-order valence-corrected chi connectivity index (χ1v) is 10.0. The van der Waals surface area contributed by atoms with Gasteiger partial charge >= 0.3 is 0 Å². The van der Waals surface area contributed by atoms with E-state index in [1.165, 1.54) is 0 Å². The van der Waals surface area contributed by atoms with Gasteiger partial charge in [0.2, 0.25) is 0 Å². The Morgan fingerprint density at radius 1 is 0.964 bits per heavy atom. The van der Waals surface area contributed by atoms with E-state index in [0.29, 0.717) is 0 Å². The zero-order chi connectivity index (χ0) is 19.5. The summed E-state index contributed by atoms with van der Waals surface area (Å²) in [6.45, 7) is 2.14. The molecule has 2 heterocycles. The van der Waals surface area contributed by atoms with Crippen LogP contribution in [0.4, 0.5) is 0 Å². The van der Waals surface area contributed by atoms with Gasteiger partial charge in [0.25, 0.3) is 0 Å². The Morgan fingerprint density at radius 2 is 1.75 bits per heavy atom. The molecule has 2 aromatic carbocycles. The van der Waals surface area contributed by atoms with E-state index in [1.807, 2.05) is 53.1 Å². The Kier molecular flexibility index (Phi) is 5.47. The predicted octanol–water partition coefficient (Wildman–Crippen LogP) is 6.55. The minimum atomic E-state index is -0.409. The number of hydrogen-bond acceptors (Lipinski definition) is 2. The molecule has 4 rings (SSSR count). The second-order valence-electron chi connectivity index (χ2n) is 7.10. The van der Waals surface area contributed by atoms with Crippen LogP contribution in [0.5, 0.6) is 0 Å². The maximum atomic E-state index is 10.4. The number of benzene rings is 2. The standard InChI is InChI=1S/C24H23ClN2O/c1-2-3-7-23(28)19-6-4-5-18(14-19)20-10-13-24-26-22(16-27(24)15-20)17-8-11-21(25)12-9-17/h4-6,8-16,23,28H,2-3,7H2,1H3. The van der Waals surface area contributed by atoms with E-state index in [0.717, 1.165) is 57.9 Å². The fourth-order valence-corrected chi connectivity index (χ4v) is 3.54. The number of fused-ring (bicyclic) bond motifs is 1. The summed E-state index contributed by atoms with van der Waals surface area (Å²) in [5.74, 6) is 0. The summed E-state index contributed by atoms with van der Waals surface area (Å²) >= 11 is 5.99. The van der Waals surface area contributed by atoms with Crippen molar-refractivity contribution in [3.8, 4) is 22.4 Å². The molecule has 0 saturated heterocycles. The minimum Gasteiger partial charge on any atom is -0.388 e. The first kappa shape index (κ1) is 18.7. The summed E-state index contributed by atoms with van der Waals surface area (Å²) < 4.78 is 2.04. The molecule has 0 aliphatic rings. The highest BCUT2D eigenvalue weighted by molar-refractivity contribution is 6.30. The second kappa shape index (κ2) is 8.17. The van der Waals surface area contributed by atoms with E-state index in [2.05, 4.69) is 31.3 Å². The van der Waals surface area contributed by atoms with Gasteiger partial charge < -0.3 is 9.51 Å². The van der Waals surface area contributed by atoms with Crippen LogP contribution in [-0.4, -0.2) is 14.5 Å². The summed E-state index contributed by atoms with van der Waals surface area (Å²) in [6, 6.07) is 20.0. The third-order valence-corrected chi connectivity index (χ3v) is 5.28. The quantitative estimate of drug-likeness (QED) is 0.405. The van der Waals surface area contributed by atoms with Gasteiger partial charge in [-0.3, -0.25) is 0 Å². The summed E-state index contributed by atoms with van der Waals surface area (Å²) in [5.41, 5.74) is 6.01. The monoisotopic (exact) mass is 390 g/mol. The molecule has 0 radical (unpaired) electrons. The molecule has 0 aliphatic heterocycles. The Hall–Kier alpha value is -2.62. The number of nitrogens with zero attached hydrogens (tertiary/aromatic N) is 2. The zero-order valence-corrected chi connectivity index (χ0v) is 16.6. The molecule has 28 heavy (non-hydrogen) atoms. The van der Waals surface area contributed by atoms with Crippen molar-refractivity contribution in [1.82, 2.24) is 9.38 Å². The third-order valence-electron chi connectivity index (χ3n) is 5.03. The van der Waals surface area contributed by atoms with E-state index >= 15 is 0 Å². The van der Waals surface area contributed by atoms with Crippen LogP contribution in [0.1, 0.15) is 37.9 Å². The first-order valence-electron chi connectivity index (χ1n) is 9.67. The van der Waals surface area contributed by atoms with Gasteiger partial charge in [0, 0.05) is 23.0 Å². The summed E-state index contributed by atoms with van der Waals surface area (Å²) in [7, 11) is 0. The Bertz CT molecular complexity index is 1090. The molecule has 4 heteroatoms. The van der Waals surface area contributed by atoms with Crippen molar-refractivity contribution in [2.24, 2.45) is 0 Å². The highest BCUT2D eigenvalue weighted by Crippen LogP contribution is 2.27. The molecule has 0 spiro atoms. The van der Waals surface area contributed by atoms with Crippen molar-refractivity contribution in [3.63, 3.8) is 0 Å². The molecule has 0 saturated carbocycles. The summed E-state index contributed by atoms with van der Waals surface area (Å²) in [4.78, 5) is 4.71. The molecular formula is C24H23ClN2O. The lowest BCUT2D eigenvalue weighted by atomic mass is 9.99. The number of aromatic nitrogens is 2. The number of pyridine rings is 1. The highest BCUT2D eigenvalue weighted by atomic mass is 35.5. The Balaban J connectivity index is 1.65. The number of rotatable bonds is 6. The maximum absolute atomic E-state index is 10.4. The van der Waals surface area contributed by atoms with Crippen molar-refractivity contribution in [1.29, 1.82) is 0 Å². The van der Waals surface area contributed by atoms with E-state index in [-0.39, 0.29) is 0 Å². The SMILES string of the molecule is CCCCC(O)c1cccc(-c2ccc3nc(-c4ccc(Cl)cc4)cn3c2)c1. The van der Waals surface area contributed by atoms with Crippen molar-refractivity contribution < 1.29 is 5.11 Å². The molecular weight excluding hydrogens is 368 g/mol. The lowest BCUT2D eigenvalue weighted by molar-refractivity contribution is 0.164. The van der Waals surface area contributed by atoms with Crippen molar-refractivity contribution in [2.45, 2.75) is 32.3 Å². The third kappa shape index (κ3) is 3.96. The van der Waals surface area contributed by atoms with Crippen LogP contribution in [0, 0.1) is 0 Å².